The van der Waals surface area contributed by atoms with Gasteiger partial charge in [0.2, 0.25) is 0 Å². The molecule has 4 rings (SSSR count). The van der Waals surface area contributed by atoms with Crippen LogP contribution in [0, 0.1) is 0 Å². The van der Waals surface area contributed by atoms with E-state index in [2.05, 4.69) is 60.7 Å². The lowest BCUT2D eigenvalue weighted by Crippen LogP contribution is -1.87. The zero-order valence-electron chi connectivity index (χ0n) is 12.8. The molecule has 0 aliphatic carbocycles. The van der Waals surface area contributed by atoms with Gasteiger partial charge in [-0.1, -0.05) is 71.7 Å². The van der Waals surface area contributed by atoms with E-state index in [1.54, 1.807) is 0 Å². The topological polar surface area (TPSA) is 0 Å². The van der Waals surface area contributed by atoms with Crippen molar-refractivity contribution in [3.05, 3.63) is 95.0 Å². The van der Waals surface area contributed by atoms with Crippen molar-refractivity contribution in [2.24, 2.45) is 0 Å². The molecule has 0 saturated carbocycles. The van der Waals surface area contributed by atoms with Gasteiger partial charge in [-0.05, 0) is 69.4 Å². The molecule has 0 aromatic heterocycles. The van der Waals surface area contributed by atoms with E-state index in [0.717, 1.165) is 21.2 Å². The summed E-state index contributed by atoms with van der Waals surface area (Å²) in [6, 6.07) is 28.8. The minimum Gasteiger partial charge on any atom is -0.0843 e. The number of hydrogen-bond acceptors (Lipinski definition) is 0. The minimum absolute atomic E-state index is 0.743. The van der Waals surface area contributed by atoms with Gasteiger partial charge in [-0.3, -0.25) is 0 Å². The highest BCUT2D eigenvalue weighted by Gasteiger charge is 2.10. The van der Waals surface area contributed by atoms with Crippen molar-refractivity contribution in [2.45, 2.75) is 0 Å². The molecule has 0 nitrogen and oxygen atoms in total. The van der Waals surface area contributed by atoms with Crippen molar-refractivity contribution in [3.63, 3.8) is 0 Å². The van der Waals surface area contributed by atoms with Gasteiger partial charge < -0.3 is 0 Å². The van der Waals surface area contributed by atoms with Crippen LogP contribution in [0.15, 0.2) is 84.9 Å². The predicted molar refractivity (Wildman–Crippen MR) is 105 cm³/mol. The minimum atomic E-state index is 0.743. The van der Waals surface area contributed by atoms with Gasteiger partial charge in [0.25, 0.3) is 0 Å². The fourth-order valence-corrected chi connectivity index (χ4v) is 3.23. The van der Waals surface area contributed by atoms with Gasteiger partial charge in [-0.2, -0.15) is 0 Å². The molecule has 0 heterocycles. The Morgan fingerprint density at radius 3 is 1.21 bits per heavy atom. The second-order valence-corrected chi connectivity index (χ2v) is 6.63. The van der Waals surface area contributed by atoms with Gasteiger partial charge in [0.15, 0.2) is 0 Å². The maximum absolute atomic E-state index is 6.05. The molecule has 0 atom stereocenters. The average Bonchev–Trinajstić information content (AvgIpc) is 2.62. The third-order valence-electron chi connectivity index (χ3n) is 4.20. The Kier molecular flexibility index (Phi) is 4.02. The van der Waals surface area contributed by atoms with Crippen LogP contribution in [0.25, 0.3) is 33.0 Å². The summed E-state index contributed by atoms with van der Waals surface area (Å²) in [4.78, 5) is 0. The molecule has 2 heteroatoms. The Bertz CT molecular complexity index is 916. The second kappa shape index (κ2) is 6.32. The summed E-state index contributed by atoms with van der Waals surface area (Å²) in [6.07, 6.45) is 0. The zero-order chi connectivity index (χ0) is 16.5. The molecule has 4 aromatic carbocycles. The largest absolute Gasteiger partial charge is 0.0843 e. The number of rotatable bonds is 2. The smallest absolute Gasteiger partial charge is 0.0406 e. The lowest BCUT2D eigenvalue weighted by molar-refractivity contribution is 1.60. The van der Waals surface area contributed by atoms with Crippen LogP contribution >= 0.6 is 23.2 Å². The molecule has 0 bridgehead atoms. The first-order valence-corrected chi connectivity index (χ1v) is 8.51. The lowest BCUT2D eigenvalue weighted by Gasteiger charge is -2.13. The van der Waals surface area contributed by atoms with E-state index >= 15 is 0 Å². The molecule has 116 valence electrons. The van der Waals surface area contributed by atoms with Gasteiger partial charge in [-0.15, -0.1) is 0 Å². The third-order valence-corrected chi connectivity index (χ3v) is 4.70. The molecule has 0 aliphatic rings. The van der Waals surface area contributed by atoms with E-state index in [4.69, 9.17) is 23.2 Å². The highest BCUT2D eigenvalue weighted by molar-refractivity contribution is 6.31. The molecule has 0 radical (unpaired) electrons. The molecular weight excluding hydrogens is 335 g/mol. The maximum Gasteiger partial charge on any atom is 0.0406 e. The zero-order valence-corrected chi connectivity index (χ0v) is 14.4. The van der Waals surface area contributed by atoms with Gasteiger partial charge in [0, 0.05) is 10.0 Å². The van der Waals surface area contributed by atoms with Crippen molar-refractivity contribution in [2.75, 3.05) is 0 Å². The van der Waals surface area contributed by atoms with Gasteiger partial charge in [-0.25, -0.2) is 0 Å². The SMILES string of the molecule is Clc1ccc(-c2cc3ccccc3cc2-c2ccc(Cl)cc2)cc1. The molecule has 0 amide bonds. The lowest BCUT2D eigenvalue weighted by atomic mass is 9.91. The van der Waals surface area contributed by atoms with E-state index in [-0.39, 0.29) is 0 Å². The molecule has 0 saturated heterocycles. The third kappa shape index (κ3) is 2.91. The molecular formula is C22H14Cl2. The van der Waals surface area contributed by atoms with E-state index in [9.17, 15) is 0 Å². The fraction of sp³-hybridized carbons (Fsp3) is 0. The van der Waals surface area contributed by atoms with E-state index < -0.39 is 0 Å². The number of benzene rings is 4. The Labute approximate surface area is 151 Å². The normalized spacial score (nSPS) is 10.9. The van der Waals surface area contributed by atoms with Crippen molar-refractivity contribution < 1.29 is 0 Å². The molecule has 0 fully saturated rings. The summed E-state index contributed by atoms with van der Waals surface area (Å²) in [6.45, 7) is 0. The van der Waals surface area contributed by atoms with Crippen LogP contribution in [0.1, 0.15) is 0 Å². The first-order valence-electron chi connectivity index (χ1n) is 7.75. The van der Waals surface area contributed by atoms with Crippen LogP contribution in [0.4, 0.5) is 0 Å². The summed E-state index contributed by atoms with van der Waals surface area (Å²) >= 11 is 12.1. The number of halogens is 2. The van der Waals surface area contributed by atoms with Crippen LogP contribution in [0.2, 0.25) is 10.0 Å². The van der Waals surface area contributed by atoms with Crippen molar-refractivity contribution in [1.82, 2.24) is 0 Å². The van der Waals surface area contributed by atoms with Crippen LogP contribution < -0.4 is 0 Å². The Hall–Kier alpha value is -2.28. The first-order chi connectivity index (χ1) is 11.7. The molecule has 0 aliphatic heterocycles. The van der Waals surface area contributed by atoms with Gasteiger partial charge in [0.1, 0.15) is 0 Å². The van der Waals surface area contributed by atoms with Crippen LogP contribution in [-0.4, -0.2) is 0 Å². The van der Waals surface area contributed by atoms with E-state index in [0.29, 0.717) is 0 Å². The number of fused-ring (bicyclic) bond motifs is 1. The Balaban J connectivity index is 2.00. The first kappa shape index (κ1) is 15.3. The average molecular weight is 349 g/mol. The van der Waals surface area contributed by atoms with Crippen LogP contribution in [-0.2, 0) is 0 Å². The molecule has 4 aromatic rings. The fourth-order valence-electron chi connectivity index (χ4n) is 2.98. The standard InChI is InChI=1S/C22H14Cl2/c23-19-9-5-15(6-10-19)21-13-17-3-1-2-4-18(17)14-22(21)16-7-11-20(24)12-8-16/h1-14H. The predicted octanol–water partition coefficient (Wildman–Crippen LogP) is 7.48. The monoisotopic (exact) mass is 348 g/mol. The second-order valence-electron chi connectivity index (χ2n) is 5.76. The van der Waals surface area contributed by atoms with E-state index in [1.807, 2.05) is 24.3 Å². The van der Waals surface area contributed by atoms with E-state index in [1.165, 1.54) is 21.9 Å². The summed E-state index contributed by atoms with van der Waals surface area (Å²) < 4.78 is 0. The quantitative estimate of drug-likeness (QED) is 0.352. The Morgan fingerprint density at radius 1 is 0.458 bits per heavy atom. The van der Waals surface area contributed by atoms with Crippen molar-refractivity contribution >= 4 is 34.0 Å². The summed E-state index contributed by atoms with van der Waals surface area (Å²) in [5.41, 5.74) is 4.67. The highest BCUT2D eigenvalue weighted by Crippen LogP contribution is 2.36. The molecule has 0 spiro atoms. The van der Waals surface area contributed by atoms with Crippen molar-refractivity contribution in [3.8, 4) is 22.3 Å². The summed E-state index contributed by atoms with van der Waals surface area (Å²) in [5, 5.41) is 3.93. The molecule has 0 unspecified atom stereocenters. The van der Waals surface area contributed by atoms with Gasteiger partial charge >= 0.3 is 0 Å². The van der Waals surface area contributed by atoms with Crippen molar-refractivity contribution in [1.29, 1.82) is 0 Å². The van der Waals surface area contributed by atoms with Gasteiger partial charge in [0.05, 0.1) is 0 Å². The van der Waals surface area contributed by atoms with Crippen LogP contribution in [0.3, 0.4) is 0 Å². The van der Waals surface area contributed by atoms with Crippen LogP contribution in [0.5, 0.6) is 0 Å². The summed E-state index contributed by atoms with van der Waals surface area (Å²) in [7, 11) is 0. The summed E-state index contributed by atoms with van der Waals surface area (Å²) in [5.74, 6) is 0. The molecule has 0 N–H and O–H groups in total. The number of hydrogen-bond donors (Lipinski definition) is 0. The maximum atomic E-state index is 6.05. The molecule has 24 heavy (non-hydrogen) atoms. The highest BCUT2D eigenvalue weighted by atomic mass is 35.5. The Morgan fingerprint density at radius 2 is 0.833 bits per heavy atom.